The lowest BCUT2D eigenvalue weighted by atomic mass is 10.4. The van der Waals surface area contributed by atoms with Crippen LogP contribution in [0.15, 0.2) is 12.7 Å². The van der Waals surface area contributed by atoms with E-state index in [-0.39, 0.29) is 29.9 Å². The molecule has 0 aromatic carbocycles. The third kappa shape index (κ3) is 6.20. The van der Waals surface area contributed by atoms with Crippen LogP contribution < -0.4 is 0 Å². The van der Waals surface area contributed by atoms with Crippen molar-refractivity contribution in [1.29, 1.82) is 0 Å². The molecule has 6 heteroatoms. The highest BCUT2D eigenvalue weighted by Gasteiger charge is 2.53. The summed E-state index contributed by atoms with van der Waals surface area (Å²) in [6.07, 6.45) is 1.84. The van der Waals surface area contributed by atoms with Gasteiger partial charge in [-0.1, -0.05) is 13.5 Å². The van der Waals surface area contributed by atoms with Crippen molar-refractivity contribution in [1.82, 2.24) is 4.90 Å². The van der Waals surface area contributed by atoms with Crippen molar-refractivity contribution in [3.63, 3.8) is 0 Å². The van der Waals surface area contributed by atoms with Crippen molar-refractivity contribution in [2.45, 2.75) is 78.9 Å². The predicted molar refractivity (Wildman–Crippen MR) is 91.5 cm³/mol. The summed E-state index contributed by atoms with van der Waals surface area (Å²) < 4.78 is 18.6. The third-order valence-corrected chi connectivity index (χ3v) is 7.00. The molecule has 0 spiro atoms. The predicted octanol–water partition coefficient (Wildman–Crippen LogP) is 3.16. The molecule has 0 heterocycles. The molecule has 1 atom stereocenters. The molecule has 0 bridgehead atoms. The number of likely N-dealkylation sites (N-methyl/N-ethyl adjacent to an activating group) is 1. The topological polar surface area (TPSA) is 48.0 Å². The minimum Gasteiger partial charge on any atom is -0.370 e. The van der Waals surface area contributed by atoms with E-state index in [0.29, 0.717) is 6.42 Å². The minimum absolute atomic E-state index is 0.0505. The fraction of sp³-hybridized carbons (Fsp3) is 0.812. The maximum absolute atomic E-state index is 12.1. The first-order chi connectivity index (χ1) is 10.1. The number of rotatable bonds is 10. The van der Waals surface area contributed by atoms with Crippen LogP contribution in [-0.4, -0.2) is 50.6 Å². The lowest BCUT2D eigenvalue weighted by molar-refractivity contribution is -0.127. The number of hydrogen-bond donors (Lipinski definition) is 0. The van der Waals surface area contributed by atoms with Crippen LogP contribution in [0.4, 0.5) is 0 Å². The number of amides is 1. The summed E-state index contributed by atoms with van der Waals surface area (Å²) in [5.41, 5.74) is -0.245. The molecular formula is C16H33NO4Si. The van der Waals surface area contributed by atoms with Crippen LogP contribution in [0.3, 0.4) is 0 Å². The zero-order chi connectivity index (χ0) is 17.5. The molecule has 1 amide bonds. The van der Waals surface area contributed by atoms with Crippen molar-refractivity contribution in [3.8, 4) is 0 Å². The fourth-order valence-corrected chi connectivity index (χ4v) is 6.07. The molecule has 0 N–H and O–H groups in total. The van der Waals surface area contributed by atoms with Crippen LogP contribution in [0.25, 0.3) is 0 Å². The van der Waals surface area contributed by atoms with Crippen LogP contribution in [0.5, 0.6) is 0 Å². The Kier molecular flexibility index (Phi) is 9.15. The van der Waals surface area contributed by atoms with E-state index < -0.39 is 8.80 Å². The third-order valence-electron chi connectivity index (χ3n) is 2.98. The van der Waals surface area contributed by atoms with Crippen LogP contribution in [-0.2, 0) is 18.1 Å². The maximum atomic E-state index is 12.1. The first kappa shape index (κ1) is 21.3. The molecule has 0 aliphatic carbocycles. The summed E-state index contributed by atoms with van der Waals surface area (Å²) >= 11 is 0. The van der Waals surface area contributed by atoms with Crippen molar-refractivity contribution in [2.75, 3.05) is 7.05 Å². The lowest BCUT2D eigenvalue weighted by Gasteiger charge is -2.42. The number of hydrogen-bond acceptors (Lipinski definition) is 4. The van der Waals surface area contributed by atoms with Gasteiger partial charge in [-0.2, -0.15) is 0 Å². The van der Waals surface area contributed by atoms with Gasteiger partial charge in [-0.15, -0.1) is 0 Å². The van der Waals surface area contributed by atoms with E-state index in [9.17, 15) is 4.79 Å². The largest absolute Gasteiger partial charge is 0.525 e. The molecule has 0 aliphatic heterocycles. The Balaban J connectivity index is 5.80. The van der Waals surface area contributed by atoms with Crippen LogP contribution >= 0.6 is 0 Å². The molecule has 0 fully saturated rings. The Morgan fingerprint density at radius 3 is 1.64 bits per heavy atom. The fourth-order valence-electron chi connectivity index (χ4n) is 2.36. The van der Waals surface area contributed by atoms with Gasteiger partial charge in [0.05, 0.1) is 0 Å². The summed E-state index contributed by atoms with van der Waals surface area (Å²) in [4.78, 5) is 13.7. The van der Waals surface area contributed by atoms with E-state index in [1.807, 2.05) is 48.5 Å². The summed E-state index contributed by atoms with van der Waals surface area (Å²) in [6.45, 7) is 17.3. The summed E-state index contributed by atoms with van der Waals surface area (Å²) in [5.74, 6) is -0.157. The van der Waals surface area contributed by atoms with Crippen LogP contribution in [0, 0.1) is 0 Å². The Morgan fingerprint density at radius 1 is 1.05 bits per heavy atom. The Morgan fingerprint density at radius 2 is 1.41 bits per heavy atom. The molecule has 5 nitrogen and oxygen atoms in total. The van der Waals surface area contributed by atoms with Crippen LogP contribution in [0.2, 0.25) is 0 Å². The molecule has 0 radical (unpaired) electrons. The van der Waals surface area contributed by atoms with E-state index >= 15 is 0 Å². The molecule has 22 heavy (non-hydrogen) atoms. The Bertz CT molecular complexity index is 332. The summed E-state index contributed by atoms with van der Waals surface area (Å²) in [5, 5.41) is 0. The first-order valence-corrected chi connectivity index (χ1v) is 9.82. The van der Waals surface area contributed by atoms with E-state index in [4.69, 9.17) is 13.3 Å². The standard InChI is InChI=1S/C16H33NO4Si/c1-10-15(18)17(9)16(11-2)22(19-12(3)4,20-13(5)6)21-14(7)8/h10,12-14,16H,1,11H2,2-9H3. The van der Waals surface area contributed by atoms with Gasteiger partial charge < -0.3 is 18.2 Å². The van der Waals surface area contributed by atoms with Gasteiger partial charge in [-0.05, 0) is 54.0 Å². The highest BCUT2D eigenvalue weighted by molar-refractivity contribution is 6.63. The first-order valence-electron chi connectivity index (χ1n) is 8.02. The molecule has 130 valence electrons. The van der Waals surface area contributed by atoms with Gasteiger partial charge >= 0.3 is 8.80 Å². The zero-order valence-electron chi connectivity index (χ0n) is 15.4. The van der Waals surface area contributed by atoms with Gasteiger partial charge in [-0.3, -0.25) is 4.79 Å². The quantitative estimate of drug-likeness (QED) is 0.456. The smallest absolute Gasteiger partial charge is 0.370 e. The maximum Gasteiger partial charge on any atom is 0.525 e. The van der Waals surface area contributed by atoms with Crippen molar-refractivity contribution in [2.24, 2.45) is 0 Å². The molecule has 0 aliphatic rings. The van der Waals surface area contributed by atoms with Crippen LogP contribution in [0.1, 0.15) is 54.9 Å². The normalized spacial score (nSPS) is 13.8. The van der Waals surface area contributed by atoms with Crippen molar-refractivity contribution >= 4 is 14.7 Å². The van der Waals surface area contributed by atoms with Crippen molar-refractivity contribution in [3.05, 3.63) is 12.7 Å². The van der Waals surface area contributed by atoms with Crippen molar-refractivity contribution < 1.29 is 18.1 Å². The van der Waals surface area contributed by atoms with E-state index in [2.05, 4.69) is 6.58 Å². The van der Waals surface area contributed by atoms with Gasteiger partial charge in [0.25, 0.3) is 0 Å². The number of nitrogens with zero attached hydrogens (tertiary/aromatic N) is 1. The van der Waals surface area contributed by atoms with E-state index in [1.165, 1.54) is 6.08 Å². The van der Waals surface area contributed by atoms with Gasteiger partial charge in [0.2, 0.25) is 5.91 Å². The zero-order valence-corrected chi connectivity index (χ0v) is 16.4. The summed E-state index contributed by atoms with van der Waals surface area (Å²) in [6, 6.07) is 0. The highest BCUT2D eigenvalue weighted by Crippen LogP contribution is 2.26. The molecule has 0 aromatic heterocycles. The molecule has 0 aromatic rings. The molecule has 0 saturated heterocycles. The second-order valence-electron chi connectivity index (χ2n) is 6.18. The second kappa shape index (κ2) is 9.45. The average Bonchev–Trinajstić information content (AvgIpc) is 2.35. The minimum atomic E-state index is -3.10. The number of carbonyl (C=O) groups excluding carboxylic acids is 1. The molecule has 1 unspecified atom stereocenters. The highest BCUT2D eigenvalue weighted by atomic mass is 28.4. The monoisotopic (exact) mass is 331 g/mol. The Hall–Kier alpha value is -0.693. The van der Waals surface area contributed by atoms with Gasteiger partial charge in [-0.25, -0.2) is 0 Å². The molecular weight excluding hydrogens is 298 g/mol. The van der Waals surface area contributed by atoms with E-state index in [0.717, 1.165) is 0 Å². The SMILES string of the molecule is C=CC(=O)N(C)C(CC)[Si](OC(C)C)(OC(C)C)OC(C)C. The average molecular weight is 332 g/mol. The van der Waals surface area contributed by atoms with E-state index in [1.54, 1.807) is 11.9 Å². The molecule has 0 saturated carbocycles. The Labute approximate surface area is 137 Å². The number of carbonyl (C=O) groups is 1. The second-order valence-corrected chi connectivity index (χ2v) is 8.76. The van der Waals surface area contributed by atoms with Gasteiger partial charge in [0, 0.05) is 25.4 Å². The lowest BCUT2D eigenvalue weighted by Crippen LogP contribution is -2.65. The van der Waals surface area contributed by atoms with Gasteiger partial charge in [0.15, 0.2) is 0 Å². The molecule has 0 rings (SSSR count). The summed E-state index contributed by atoms with van der Waals surface area (Å²) in [7, 11) is -1.35. The van der Waals surface area contributed by atoms with Gasteiger partial charge in [0.1, 0.15) is 5.67 Å².